The van der Waals surface area contributed by atoms with Gasteiger partial charge in [-0.3, -0.25) is 9.59 Å². The molecule has 0 bridgehead atoms. The fourth-order valence-corrected chi connectivity index (χ4v) is 2.61. The van der Waals surface area contributed by atoms with Crippen molar-refractivity contribution in [1.29, 1.82) is 0 Å². The van der Waals surface area contributed by atoms with Gasteiger partial charge in [-0.1, -0.05) is 13.8 Å². The van der Waals surface area contributed by atoms with Crippen molar-refractivity contribution in [1.82, 2.24) is 10.2 Å². The van der Waals surface area contributed by atoms with Gasteiger partial charge < -0.3 is 10.2 Å². The van der Waals surface area contributed by atoms with Gasteiger partial charge in [0.15, 0.2) is 0 Å². The number of rotatable bonds is 5. The van der Waals surface area contributed by atoms with Gasteiger partial charge in [0.2, 0.25) is 11.8 Å². The highest BCUT2D eigenvalue weighted by atomic mass is 32.2. The van der Waals surface area contributed by atoms with Crippen molar-refractivity contribution in [3.63, 3.8) is 0 Å². The Kier molecular flexibility index (Phi) is 4.95. The van der Waals surface area contributed by atoms with Gasteiger partial charge in [0.1, 0.15) is 21.9 Å². The third-order valence-corrected chi connectivity index (χ3v) is 4.08. The summed E-state index contributed by atoms with van der Waals surface area (Å²) in [5, 5.41) is 2.69. The minimum atomic E-state index is -3.15. The maximum Gasteiger partial charge on any atom is 0.245 e. The van der Waals surface area contributed by atoms with E-state index in [2.05, 4.69) is 5.32 Å². The largest absolute Gasteiger partial charge is 0.343 e. The van der Waals surface area contributed by atoms with E-state index in [4.69, 9.17) is 0 Å². The summed E-state index contributed by atoms with van der Waals surface area (Å²) in [5.41, 5.74) is 0. The van der Waals surface area contributed by atoms with E-state index < -0.39 is 21.9 Å². The Labute approximate surface area is 114 Å². The van der Waals surface area contributed by atoms with Crippen molar-refractivity contribution >= 4 is 21.7 Å². The summed E-state index contributed by atoms with van der Waals surface area (Å²) in [4.78, 5) is 25.4. The minimum Gasteiger partial charge on any atom is -0.343 e. The van der Waals surface area contributed by atoms with Gasteiger partial charge in [0.25, 0.3) is 0 Å². The average Bonchev–Trinajstić information content (AvgIpc) is 2.23. The van der Waals surface area contributed by atoms with Crippen molar-refractivity contribution in [2.24, 2.45) is 5.92 Å². The first kappa shape index (κ1) is 15.9. The Morgan fingerprint density at radius 2 is 1.89 bits per heavy atom. The van der Waals surface area contributed by atoms with E-state index in [1.807, 2.05) is 13.8 Å². The predicted octanol–water partition coefficient (Wildman–Crippen LogP) is -0.207. The molecule has 0 aromatic rings. The number of carbonyl (C=O) groups excluding carboxylic acids is 2. The van der Waals surface area contributed by atoms with Gasteiger partial charge in [-0.15, -0.1) is 0 Å². The van der Waals surface area contributed by atoms with Crippen molar-refractivity contribution in [3.05, 3.63) is 0 Å². The summed E-state index contributed by atoms with van der Waals surface area (Å²) in [7, 11) is -3.15. The molecule has 1 rings (SSSR count). The molecular formula is C12H22N2O4S. The van der Waals surface area contributed by atoms with Crippen LogP contribution in [0.15, 0.2) is 0 Å². The van der Waals surface area contributed by atoms with Gasteiger partial charge >= 0.3 is 0 Å². The molecule has 1 saturated heterocycles. The smallest absolute Gasteiger partial charge is 0.245 e. The Bertz CT molecular complexity index is 458. The lowest BCUT2D eigenvalue weighted by Gasteiger charge is -2.37. The predicted molar refractivity (Wildman–Crippen MR) is 72.3 cm³/mol. The molecule has 110 valence electrons. The Morgan fingerprint density at radius 3 is 2.37 bits per heavy atom. The standard InChI is InChI=1S/C12H22N2O4S/c1-8(2)7-10-12(16)14(5-6-19(4,17)18)9(3)11(15)13-10/h8-10H,5-7H2,1-4H3,(H,13,15). The number of nitrogens with zero attached hydrogens (tertiary/aromatic N) is 1. The maximum absolute atomic E-state index is 12.3. The minimum absolute atomic E-state index is 0.0703. The van der Waals surface area contributed by atoms with Crippen molar-refractivity contribution in [2.75, 3.05) is 18.6 Å². The molecule has 0 spiro atoms. The topological polar surface area (TPSA) is 83.6 Å². The highest BCUT2D eigenvalue weighted by molar-refractivity contribution is 7.90. The highest BCUT2D eigenvalue weighted by Crippen LogP contribution is 2.15. The van der Waals surface area contributed by atoms with Crippen LogP contribution in [0.2, 0.25) is 0 Å². The second kappa shape index (κ2) is 5.90. The van der Waals surface area contributed by atoms with E-state index in [0.717, 1.165) is 6.26 Å². The Hall–Kier alpha value is -1.11. The summed E-state index contributed by atoms with van der Waals surface area (Å²) in [6.45, 7) is 5.62. The summed E-state index contributed by atoms with van der Waals surface area (Å²) in [6, 6.07) is -1.15. The molecule has 0 aromatic heterocycles. The van der Waals surface area contributed by atoms with Gasteiger partial charge in [0.05, 0.1) is 5.75 Å². The van der Waals surface area contributed by atoms with Crippen LogP contribution < -0.4 is 5.32 Å². The zero-order chi connectivity index (χ0) is 14.8. The Morgan fingerprint density at radius 1 is 1.32 bits per heavy atom. The first-order chi connectivity index (χ1) is 8.61. The SMILES string of the molecule is CC(C)CC1NC(=O)C(C)N(CCS(C)(=O)=O)C1=O. The molecule has 0 radical (unpaired) electrons. The molecular weight excluding hydrogens is 268 g/mol. The van der Waals surface area contributed by atoms with Crippen molar-refractivity contribution < 1.29 is 18.0 Å². The second-order valence-corrected chi connectivity index (χ2v) is 7.79. The lowest BCUT2D eigenvalue weighted by Crippen LogP contribution is -2.63. The van der Waals surface area contributed by atoms with Crippen LogP contribution in [0.25, 0.3) is 0 Å². The summed E-state index contributed by atoms with van der Waals surface area (Å²) in [5.74, 6) is -0.257. The number of nitrogens with one attached hydrogen (secondary N) is 1. The Balaban J connectivity index is 2.81. The molecule has 1 N–H and O–H groups in total. The van der Waals surface area contributed by atoms with Crippen LogP contribution in [0.5, 0.6) is 0 Å². The van der Waals surface area contributed by atoms with E-state index in [-0.39, 0.29) is 30.0 Å². The first-order valence-electron chi connectivity index (χ1n) is 6.40. The summed E-state index contributed by atoms with van der Waals surface area (Å²) >= 11 is 0. The molecule has 6 nitrogen and oxygen atoms in total. The van der Waals surface area contributed by atoms with Crippen LogP contribution in [0.4, 0.5) is 0 Å². The van der Waals surface area contributed by atoms with E-state index in [0.29, 0.717) is 6.42 Å². The van der Waals surface area contributed by atoms with Gasteiger partial charge in [0, 0.05) is 12.8 Å². The van der Waals surface area contributed by atoms with Crippen LogP contribution in [0.1, 0.15) is 27.2 Å². The molecule has 0 saturated carbocycles. The molecule has 0 aromatic carbocycles. The molecule has 2 unspecified atom stereocenters. The number of hydrogen-bond acceptors (Lipinski definition) is 4. The zero-order valence-electron chi connectivity index (χ0n) is 11.8. The lowest BCUT2D eigenvalue weighted by molar-refractivity contribution is -0.148. The van der Waals surface area contributed by atoms with Crippen molar-refractivity contribution in [2.45, 2.75) is 39.3 Å². The molecule has 1 aliphatic heterocycles. The van der Waals surface area contributed by atoms with Crippen LogP contribution in [-0.4, -0.2) is 55.8 Å². The van der Waals surface area contributed by atoms with E-state index in [1.54, 1.807) is 6.92 Å². The number of carbonyl (C=O) groups is 2. The van der Waals surface area contributed by atoms with Crippen LogP contribution in [-0.2, 0) is 19.4 Å². The van der Waals surface area contributed by atoms with E-state index in [1.165, 1.54) is 4.90 Å². The third kappa shape index (κ3) is 4.49. The van der Waals surface area contributed by atoms with Gasteiger partial charge in [-0.25, -0.2) is 8.42 Å². The van der Waals surface area contributed by atoms with Gasteiger partial charge in [-0.05, 0) is 19.3 Å². The van der Waals surface area contributed by atoms with Gasteiger partial charge in [-0.2, -0.15) is 0 Å². The normalized spacial score (nSPS) is 24.8. The molecule has 1 aliphatic rings. The fourth-order valence-electron chi connectivity index (χ4n) is 2.09. The van der Waals surface area contributed by atoms with E-state index in [9.17, 15) is 18.0 Å². The van der Waals surface area contributed by atoms with Crippen LogP contribution in [0.3, 0.4) is 0 Å². The monoisotopic (exact) mass is 290 g/mol. The first-order valence-corrected chi connectivity index (χ1v) is 8.46. The number of piperazine rings is 1. The summed E-state index contributed by atoms with van der Waals surface area (Å²) < 4.78 is 22.4. The maximum atomic E-state index is 12.3. The summed E-state index contributed by atoms with van der Waals surface area (Å²) in [6.07, 6.45) is 1.68. The average molecular weight is 290 g/mol. The highest BCUT2D eigenvalue weighted by Gasteiger charge is 2.38. The fraction of sp³-hybridized carbons (Fsp3) is 0.833. The van der Waals surface area contributed by atoms with E-state index >= 15 is 0 Å². The molecule has 1 heterocycles. The number of hydrogen-bond donors (Lipinski definition) is 1. The molecule has 7 heteroatoms. The lowest BCUT2D eigenvalue weighted by atomic mass is 9.99. The van der Waals surface area contributed by atoms with Crippen LogP contribution >= 0.6 is 0 Å². The third-order valence-electron chi connectivity index (χ3n) is 3.15. The molecule has 2 atom stereocenters. The molecule has 1 fully saturated rings. The quantitative estimate of drug-likeness (QED) is 0.759. The van der Waals surface area contributed by atoms with Crippen molar-refractivity contribution in [3.8, 4) is 0 Å². The van der Waals surface area contributed by atoms with Crippen LogP contribution in [0, 0.1) is 5.92 Å². The second-order valence-electron chi connectivity index (χ2n) is 5.53. The molecule has 19 heavy (non-hydrogen) atoms. The number of sulfone groups is 1. The molecule has 0 aliphatic carbocycles. The number of amides is 2. The zero-order valence-corrected chi connectivity index (χ0v) is 12.7. The molecule has 2 amide bonds.